The quantitative estimate of drug-likeness (QED) is 0.743. The van der Waals surface area contributed by atoms with Crippen LogP contribution in [0.4, 0.5) is 10.2 Å². The zero-order chi connectivity index (χ0) is 16.4. The standard InChI is InChI=1S/C16H17FN4O2/c1-20(9-11(23)10-22)16-8-14(12-4-2-3-5-13(12)17)19-15-6-7-18-21(15)16/h2-8,11,22-23H,9-10H2,1H3. The fraction of sp³-hybridized carbons (Fsp3) is 0.250. The van der Waals surface area contributed by atoms with Crippen LogP contribution < -0.4 is 4.90 Å². The normalized spacial score (nSPS) is 12.5. The summed E-state index contributed by atoms with van der Waals surface area (Å²) in [6.07, 6.45) is 0.725. The number of aromatic nitrogens is 3. The highest BCUT2D eigenvalue weighted by Gasteiger charge is 2.15. The maximum atomic E-state index is 14.0. The molecule has 0 spiro atoms. The van der Waals surface area contributed by atoms with Crippen molar-refractivity contribution in [2.24, 2.45) is 0 Å². The van der Waals surface area contributed by atoms with Gasteiger partial charge in [0.2, 0.25) is 0 Å². The Bertz CT molecular complexity index is 821. The average Bonchev–Trinajstić information content (AvgIpc) is 3.02. The first kappa shape index (κ1) is 15.4. The second-order valence-corrected chi connectivity index (χ2v) is 5.30. The number of halogens is 1. The van der Waals surface area contributed by atoms with Gasteiger partial charge in [0.05, 0.1) is 24.6 Å². The van der Waals surface area contributed by atoms with E-state index in [0.717, 1.165) is 0 Å². The zero-order valence-corrected chi connectivity index (χ0v) is 12.6. The molecule has 0 saturated heterocycles. The van der Waals surface area contributed by atoms with Crippen LogP contribution in [0.1, 0.15) is 0 Å². The van der Waals surface area contributed by atoms with Gasteiger partial charge in [-0.2, -0.15) is 9.61 Å². The van der Waals surface area contributed by atoms with Crippen LogP contribution in [0.15, 0.2) is 42.6 Å². The molecule has 120 valence electrons. The van der Waals surface area contributed by atoms with Gasteiger partial charge in [0.1, 0.15) is 11.6 Å². The molecule has 2 N–H and O–H groups in total. The summed E-state index contributed by atoms with van der Waals surface area (Å²) in [5.74, 6) is 0.290. The molecule has 0 amide bonds. The number of benzene rings is 1. The minimum absolute atomic E-state index is 0.214. The van der Waals surface area contributed by atoms with Crippen LogP contribution in [0.5, 0.6) is 0 Å². The number of aliphatic hydroxyl groups is 2. The average molecular weight is 316 g/mol. The Labute approximate surface area is 132 Å². The van der Waals surface area contributed by atoms with Crippen LogP contribution >= 0.6 is 0 Å². The minimum atomic E-state index is -0.879. The van der Waals surface area contributed by atoms with E-state index >= 15 is 0 Å². The highest BCUT2D eigenvalue weighted by molar-refractivity contribution is 5.67. The van der Waals surface area contributed by atoms with Crippen molar-refractivity contribution in [3.63, 3.8) is 0 Å². The van der Waals surface area contributed by atoms with E-state index in [-0.39, 0.29) is 19.0 Å². The largest absolute Gasteiger partial charge is 0.394 e. The third kappa shape index (κ3) is 3.01. The minimum Gasteiger partial charge on any atom is -0.394 e. The van der Waals surface area contributed by atoms with Crippen molar-refractivity contribution in [1.29, 1.82) is 0 Å². The summed E-state index contributed by atoms with van der Waals surface area (Å²) in [5, 5.41) is 22.9. The Morgan fingerprint density at radius 3 is 2.83 bits per heavy atom. The van der Waals surface area contributed by atoms with Gasteiger partial charge >= 0.3 is 0 Å². The van der Waals surface area contributed by atoms with Gasteiger partial charge in [-0.1, -0.05) is 12.1 Å². The summed E-state index contributed by atoms with van der Waals surface area (Å²) in [6.45, 7) is -0.121. The van der Waals surface area contributed by atoms with Crippen LogP contribution in [0, 0.1) is 5.82 Å². The molecule has 0 aliphatic rings. The lowest BCUT2D eigenvalue weighted by molar-refractivity contribution is 0.101. The lowest BCUT2D eigenvalue weighted by Gasteiger charge is -2.22. The summed E-state index contributed by atoms with van der Waals surface area (Å²) < 4.78 is 15.7. The van der Waals surface area contributed by atoms with Crippen molar-refractivity contribution in [2.75, 3.05) is 25.1 Å². The fourth-order valence-corrected chi connectivity index (χ4v) is 2.44. The zero-order valence-electron chi connectivity index (χ0n) is 12.6. The molecule has 6 nitrogen and oxygen atoms in total. The number of rotatable bonds is 5. The summed E-state index contributed by atoms with van der Waals surface area (Å²) in [5.41, 5.74) is 1.45. The molecule has 0 bridgehead atoms. The van der Waals surface area contributed by atoms with E-state index in [1.54, 1.807) is 53.0 Å². The van der Waals surface area contributed by atoms with Crippen LogP contribution in [0.3, 0.4) is 0 Å². The van der Waals surface area contributed by atoms with Crippen LogP contribution in [0.2, 0.25) is 0 Å². The van der Waals surface area contributed by atoms with Crippen molar-refractivity contribution in [2.45, 2.75) is 6.10 Å². The molecule has 3 rings (SSSR count). The molecule has 2 aromatic heterocycles. The topological polar surface area (TPSA) is 73.9 Å². The van der Waals surface area contributed by atoms with E-state index in [1.807, 2.05) is 0 Å². The van der Waals surface area contributed by atoms with Crippen LogP contribution in [0.25, 0.3) is 16.9 Å². The van der Waals surface area contributed by atoms with Crippen molar-refractivity contribution in [3.8, 4) is 11.3 Å². The highest BCUT2D eigenvalue weighted by atomic mass is 19.1. The monoisotopic (exact) mass is 316 g/mol. The molecule has 0 radical (unpaired) electrons. The predicted molar refractivity (Wildman–Crippen MR) is 84.7 cm³/mol. The van der Waals surface area contributed by atoms with Gasteiger partial charge in [0, 0.05) is 31.3 Å². The van der Waals surface area contributed by atoms with Gasteiger partial charge in [-0.25, -0.2) is 9.37 Å². The van der Waals surface area contributed by atoms with Gasteiger partial charge in [-0.15, -0.1) is 0 Å². The lowest BCUT2D eigenvalue weighted by atomic mass is 10.1. The van der Waals surface area contributed by atoms with Crippen molar-refractivity contribution < 1.29 is 14.6 Å². The first-order valence-electron chi connectivity index (χ1n) is 7.20. The molecule has 1 atom stereocenters. The Morgan fingerprint density at radius 1 is 1.30 bits per heavy atom. The van der Waals surface area contributed by atoms with Crippen LogP contribution in [-0.2, 0) is 0 Å². The first-order chi connectivity index (χ1) is 11.1. The van der Waals surface area contributed by atoms with E-state index in [4.69, 9.17) is 5.11 Å². The summed E-state index contributed by atoms with van der Waals surface area (Å²) in [6, 6.07) is 9.86. The highest BCUT2D eigenvalue weighted by Crippen LogP contribution is 2.25. The molecule has 23 heavy (non-hydrogen) atoms. The molecule has 3 aromatic rings. The molecule has 0 aliphatic heterocycles. The van der Waals surface area contributed by atoms with Gasteiger partial charge in [0.25, 0.3) is 0 Å². The van der Waals surface area contributed by atoms with Gasteiger partial charge < -0.3 is 15.1 Å². The fourth-order valence-electron chi connectivity index (χ4n) is 2.44. The number of nitrogens with zero attached hydrogens (tertiary/aromatic N) is 4. The second-order valence-electron chi connectivity index (χ2n) is 5.30. The summed E-state index contributed by atoms with van der Waals surface area (Å²) in [4.78, 5) is 6.17. The van der Waals surface area contributed by atoms with Crippen molar-refractivity contribution in [3.05, 3.63) is 48.4 Å². The maximum absolute atomic E-state index is 14.0. The molecule has 7 heteroatoms. The smallest absolute Gasteiger partial charge is 0.157 e. The molecule has 0 saturated carbocycles. The number of likely N-dealkylation sites (N-methyl/N-ethyl adjacent to an activating group) is 1. The third-order valence-corrected chi connectivity index (χ3v) is 3.58. The number of fused-ring (bicyclic) bond motifs is 1. The SMILES string of the molecule is CN(CC(O)CO)c1cc(-c2ccccc2F)nc2ccnn12. The Hall–Kier alpha value is -2.51. The molecule has 1 unspecified atom stereocenters. The van der Waals surface area contributed by atoms with Gasteiger partial charge in [-0.05, 0) is 12.1 Å². The predicted octanol–water partition coefficient (Wildman–Crippen LogP) is 1.32. The molecule has 0 aliphatic carbocycles. The molecule has 2 heterocycles. The van der Waals surface area contributed by atoms with E-state index in [1.165, 1.54) is 6.07 Å². The Kier molecular flexibility index (Phi) is 4.22. The Balaban J connectivity index is 2.10. The molecule has 0 fully saturated rings. The van der Waals surface area contributed by atoms with Crippen molar-refractivity contribution >= 4 is 11.5 Å². The number of hydrogen-bond donors (Lipinski definition) is 2. The van der Waals surface area contributed by atoms with Crippen molar-refractivity contribution in [1.82, 2.24) is 14.6 Å². The molecule has 1 aromatic carbocycles. The van der Waals surface area contributed by atoms with E-state index < -0.39 is 6.10 Å². The number of aliphatic hydroxyl groups excluding tert-OH is 2. The van der Waals surface area contributed by atoms with Crippen LogP contribution in [-0.4, -0.2) is 51.1 Å². The second kappa shape index (κ2) is 6.31. The van der Waals surface area contributed by atoms with E-state index in [0.29, 0.717) is 22.7 Å². The van der Waals surface area contributed by atoms with Gasteiger partial charge in [0.15, 0.2) is 5.65 Å². The summed E-state index contributed by atoms with van der Waals surface area (Å²) >= 11 is 0. The van der Waals surface area contributed by atoms with Gasteiger partial charge in [-0.3, -0.25) is 0 Å². The molecular weight excluding hydrogens is 299 g/mol. The Morgan fingerprint density at radius 2 is 2.09 bits per heavy atom. The maximum Gasteiger partial charge on any atom is 0.157 e. The third-order valence-electron chi connectivity index (χ3n) is 3.58. The number of anilines is 1. The first-order valence-corrected chi connectivity index (χ1v) is 7.20. The summed E-state index contributed by atoms with van der Waals surface area (Å²) in [7, 11) is 1.76. The van der Waals surface area contributed by atoms with E-state index in [9.17, 15) is 9.50 Å². The lowest BCUT2D eigenvalue weighted by Crippen LogP contribution is -2.32. The molecular formula is C16H17FN4O2. The number of hydrogen-bond acceptors (Lipinski definition) is 5. The van der Waals surface area contributed by atoms with E-state index in [2.05, 4.69) is 10.1 Å².